The zero-order valence-corrected chi connectivity index (χ0v) is 14.2. The molecule has 1 amide bonds. The Morgan fingerprint density at radius 2 is 1.92 bits per heavy atom. The molecule has 2 heterocycles. The van der Waals surface area contributed by atoms with Crippen LogP contribution in [0.2, 0.25) is 0 Å². The van der Waals surface area contributed by atoms with Crippen molar-refractivity contribution in [3.05, 3.63) is 29.8 Å². The quantitative estimate of drug-likeness (QED) is 0.805. The highest BCUT2D eigenvalue weighted by Gasteiger charge is 2.29. The van der Waals surface area contributed by atoms with Crippen LogP contribution in [0, 0.1) is 0 Å². The van der Waals surface area contributed by atoms with Crippen molar-refractivity contribution in [3.63, 3.8) is 0 Å². The van der Waals surface area contributed by atoms with E-state index in [9.17, 15) is 13.2 Å². The van der Waals surface area contributed by atoms with Crippen molar-refractivity contribution >= 4 is 15.9 Å². The van der Waals surface area contributed by atoms with Gasteiger partial charge in [0.1, 0.15) is 6.04 Å². The predicted octanol–water partition coefficient (Wildman–Crippen LogP) is 0.549. The second-order valence-corrected chi connectivity index (χ2v) is 7.63. The summed E-state index contributed by atoms with van der Waals surface area (Å²) in [7, 11) is -3.80. The van der Waals surface area contributed by atoms with Gasteiger partial charge in [0.15, 0.2) is 6.29 Å². The van der Waals surface area contributed by atoms with Crippen LogP contribution in [0.5, 0.6) is 0 Å². The van der Waals surface area contributed by atoms with Gasteiger partial charge in [0, 0.05) is 13.0 Å². The minimum atomic E-state index is -3.80. The zero-order chi connectivity index (χ0) is 17.0. The molecule has 1 unspecified atom stereocenters. The van der Waals surface area contributed by atoms with E-state index in [2.05, 4.69) is 10.0 Å². The number of sulfonamides is 1. The van der Waals surface area contributed by atoms with Crippen LogP contribution in [-0.4, -0.2) is 46.4 Å². The molecule has 0 aromatic heterocycles. The van der Waals surface area contributed by atoms with E-state index in [1.165, 1.54) is 0 Å². The smallest absolute Gasteiger partial charge is 0.241 e. The van der Waals surface area contributed by atoms with Crippen LogP contribution in [0.4, 0.5) is 0 Å². The number of hydrogen-bond donors (Lipinski definition) is 2. The van der Waals surface area contributed by atoms with Gasteiger partial charge < -0.3 is 14.8 Å². The third-order valence-corrected chi connectivity index (χ3v) is 5.74. The molecule has 0 aliphatic carbocycles. The van der Waals surface area contributed by atoms with Crippen LogP contribution in [0.15, 0.2) is 29.2 Å². The van der Waals surface area contributed by atoms with E-state index in [0.29, 0.717) is 38.2 Å². The maximum Gasteiger partial charge on any atom is 0.241 e. The molecule has 2 N–H and O–H groups in total. The predicted molar refractivity (Wildman–Crippen MR) is 86.8 cm³/mol. The summed E-state index contributed by atoms with van der Waals surface area (Å²) in [5.74, 6) is -0.268. The normalized spacial score (nSPS) is 23.0. The van der Waals surface area contributed by atoms with Crippen LogP contribution in [0.25, 0.3) is 0 Å². The maximum absolute atomic E-state index is 12.8. The van der Waals surface area contributed by atoms with Gasteiger partial charge in [-0.3, -0.25) is 4.79 Å². The van der Waals surface area contributed by atoms with E-state index in [1.807, 2.05) is 0 Å². The van der Waals surface area contributed by atoms with Crippen molar-refractivity contribution in [2.75, 3.05) is 19.8 Å². The molecule has 1 aromatic carbocycles. The number of rotatable bonds is 5. The molecule has 0 spiro atoms. The summed E-state index contributed by atoms with van der Waals surface area (Å²) in [6.45, 7) is 1.62. The highest BCUT2D eigenvalue weighted by atomic mass is 32.2. The van der Waals surface area contributed by atoms with Crippen LogP contribution in [-0.2, 0) is 30.7 Å². The number of carbonyl (C=O) groups excluding carboxylic acids is 1. The van der Waals surface area contributed by atoms with Crippen molar-refractivity contribution in [1.29, 1.82) is 0 Å². The molecule has 7 nitrogen and oxygen atoms in total. The Hall–Kier alpha value is -1.48. The van der Waals surface area contributed by atoms with E-state index < -0.39 is 22.4 Å². The first-order valence-corrected chi connectivity index (χ1v) is 9.66. The largest absolute Gasteiger partial charge is 0.355 e. The maximum atomic E-state index is 12.8. The molecular weight excluding hydrogens is 332 g/mol. The summed E-state index contributed by atoms with van der Waals surface area (Å²) in [5.41, 5.74) is 0.617. The number of amides is 1. The van der Waals surface area contributed by atoms with Crippen LogP contribution >= 0.6 is 0 Å². The average Bonchev–Trinajstić information content (AvgIpc) is 2.98. The molecule has 1 aromatic rings. The van der Waals surface area contributed by atoms with Gasteiger partial charge in [-0.2, -0.15) is 4.72 Å². The SMILES string of the molecule is O=C1NCCCCC1NS(=O)(=O)c1ccccc1CC1OCCO1. The number of nitrogens with one attached hydrogen (secondary N) is 2. The summed E-state index contributed by atoms with van der Waals surface area (Å²) in [6.07, 6.45) is 2.09. The zero-order valence-electron chi connectivity index (χ0n) is 13.4. The molecule has 0 saturated carbocycles. The van der Waals surface area contributed by atoms with E-state index in [1.54, 1.807) is 24.3 Å². The molecule has 2 aliphatic rings. The number of benzene rings is 1. The average molecular weight is 354 g/mol. The Balaban J connectivity index is 1.79. The molecular formula is C16H22N2O5S. The first kappa shape index (κ1) is 17.3. The van der Waals surface area contributed by atoms with Crippen molar-refractivity contribution < 1.29 is 22.7 Å². The fraction of sp³-hybridized carbons (Fsp3) is 0.562. The highest BCUT2D eigenvalue weighted by Crippen LogP contribution is 2.21. The molecule has 3 rings (SSSR count). The van der Waals surface area contributed by atoms with E-state index in [-0.39, 0.29) is 10.8 Å². The van der Waals surface area contributed by atoms with E-state index in [4.69, 9.17) is 9.47 Å². The van der Waals surface area contributed by atoms with Gasteiger partial charge in [0.05, 0.1) is 18.1 Å². The molecule has 2 aliphatic heterocycles. The van der Waals surface area contributed by atoms with Crippen molar-refractivity contribution in [1.82, 2.24) is 10.0 Å². The number of ether oxygens (including phenoxy) is 2. The molecule has 132 valence electrons. The molecule has 2 fully saturated rings. The minimum Gasteiger partial charge on any atom is -0.355 e. The van der Waals surface area contributed by atoms with Gasteiger partial charge in [-0.15, -0.1) is 0 Å². The summed E-state index contributed by atoms with van der Waals surface area (Å²) >= 11 is 0. The Bertz CT molecular complexity index is 685. The fourth-order valence-corrected chi connectivity index (χ4v) is 4.42. The van der Waals surface area contributed by atoms with Gasteiger partial charge in [-0.25, -0.2) is 8.42 Å². The van der Waals surface area contributed by atoms with Gasteiger partial charge in [0.2, 0.25) is 15.9 Å². The van der Waals surface area contributed by atoms with Crippen molar-refractivity contribution in [3.8, 4) is 0 Å². The second-order valence-electron chi connectivity index (χ2n) is 5.94. The van der Waals surface area contributed by atoms with Gasteiger partial charge in [-0.1, -0.05) is 18.2 Å². The summed E-state index contributed by atoms with van der Waals surface area (Å²) in [6, 6.07) is 6.00. The third kappa shape index (κ3) is 4.13. The van der Waals surface area contributed by atoms with Crippen LogP contribution in [0.1, 0.15) is 24.8 Å². The molecule has 0 bridgehead atoms. The number of carbonyl (C=O) groups is 1. The third-order valence-electron chi connectivity index (χ3n) is 4.17. The van der Waals surface area contributed by atoms with Gasteiger partial charge in [0.25, 0.3) is 0 Å². The fourth-order valence-electron chi connectivity index (χ4n) is 2.94. The first-order chi connectivity index (χ1) is 11.6. The molecule has 1 atom stereocenters. The topological polar surface area (TPSA) is 93.7 Å². The van der Waals surface area contributed by atoms with Gasteiger partial charge >= 0.3 is 0 Å². The first-order valence-electron chi connectivity index (χ1n) is 8.17. The number of hydrogen-bond acceptors (Lipinski definition) is 5. The summed E-state index contributed by atoms with van der Waals surface area (Å²) in [4.78, 5) is 12.2. The van der Waals surface area contributed by atoms with Crippen molar-refractivity contribution in [2.45, 2.75) is 42.9 Å². The summed E-state index contributed by atoms with van der Waals surface area (Å²) < 4.78 is 38.9. The van der Waals surface area contributed by atoms with E-state index in [0.717, 1.165) is 12.8 Å². The lowest BCUT2D eigenvalue weighted by molar-refractivity contribution is -0.122. The van der Waals surface area contributed by atoms with Crippen LogP contribution < -0.4 is 10.0 Å². The lowest BCUT2D eigenvalue weighted by Crippen LogP contribution is -2.45. The van der Waals surface area contributed by atoms with Gasteiger partial charge in [-0.05, 0) is 30.9 Å². The van der Waals surface area contributed by atoms with E-state index >= 15 is 0 Å². The standard InChI is InChI=1S/C16H22N2O5S/c19-16-13(6-3-4-8-17-16)18-24(20,21)14-7-2-1-5-12(14)11-15-22-9-10-23-15/h1-2,5,7,13,15,18H,3-4,6,8-11H2,(H,17,19). The summed E-state index contributed by atoms with van der Waals surface area (Å²) in [5, 5.41) is 2.74. The Labute approximate surface area is 141 Å². The highest BCUT2D eigenvalue weighted by molar-refractivity contribution is 7.89. The van der Waals surface area contributed by atoms with Crippen molar-refractivity contribution in [2.24, 2.45) is 0 Å². The monoisotopic (exact) mass is 354 g/mol. The molecule has 2 saturated heterocycles. The Morgan fingerprint density at radius 1 is 1.17 bits per heavy atom. The lowest BCUT2D eigenvalue weighted by atomic mass is 10.1. The molecule has 24 heavy (non-hydrogen) atoms. The molecule has 0 radical (unpaired) electrons. The molecule has 8 heteroatoms. The minimum absolute atomic E-state index is 0.168. The second kappa shape index (κ2) is 7.60. The Morgan fingerprint density at radius 3 is 2.71 bits per heavy atom. The Kier molecular flexibility index (Phi) is 5.50. The lowest BCUT2D eigenvalue weighted by Gasteiger charge is -2.18. The van der Waals surface area contributed by atoms with Crippen LogP contribution in [0.3, 0.4) is 0 Å².